The topological polar surface area (TPSA) is 79.3 Å². The quantitative estimate of drug-likeness (QED) is 0.910. The van der Waals surface area contributed by atoms with Crippen molar-refractivity contribution in [2.75, 3.05) is 5.32 Å². The van der Waals surface area contributed by atoms with E-state index in [4.69, 9.17) is 5.11 Å². The summed E-state index contributed by atoms with van der Waals surface area (Å²) in [5.74, 6) is -2.36. The number of benzene rings is 1. The van der Waals surface area contributed by atoms with Crippen LogP contribution in [-0.2, 0) is 4.79 Å². The third kappa shape index (κ3) is 3.43. The molecule has 110 valence electrons. The number of carbonyl (C=O) groups is 2. The van der Waals surface area contributed by atoms with Crippen molar-refractivity contribution in [2.24, 2.45) is 0 Å². The summed E-state index contributed by atoms with van der Waals surface area (Å²) in [6.45, 7) is 3.23. The molecule has 0 fully saturated rings. The molecule has 0 saturated carbocycles. The molecule has 1 heterocycles. The predicted molar refractivity (Wildman–Crippen MR) is 77.3 cm³/mol. The number of hydrogen-bond donors (Lipinski definition) is 2. The van der Waals surface area contributed by atoms with E-state index in [9.17, 15) is 14.0 Å². The van der Waals surface area contributed by atoms with Gasteiger partial charge in [0.25, 0.3) is 0 Å². The molecule has 0 aliphatic carbocycles. The van der Waals surface area contributed by atoms with E-state index in [1.165, 1.54) is 24.3 Å². The van der Waals surface area contributed by atoms with Crippen LogP contribution in [0.2, 0.25) is 0 Å². The highest BCUT2D eigenvalue weighted by Gasteiger charge is 2.22. The molecule has 2 N–H and O–H groups in total. The molecular weight excluding hydrogens is 295 g/mol. The molecule has 21 heavy (non-hydrogen) atoms. The van der Waals surface area contributed by atoms with Crippen molar-refractivity contribution in [3.63, 3.8) is 0 Å². The van der Waals surface area contributed by atoms with Crippen LogP contribution in [0.15, 0.2) is 24.3 Å². The minimum atomic E-state index is -1.05. The van der Waals surface area contributed by atoms with Gasteiger partial charge >= 0.3 is 5.97 Å². The minimum absolute atomic E-state index is 0.131. The molecule has 5 nitrogen and oxygen atoms in total. The van der Waals surface area contributed by atoms with Crippen molar-refractivity contribution in [1.82, 2.24) is 4.98 Å². The summed E-state index contributed by atoms with van der Waals surface area (Å²) in [5.41, 5.74) is 0.865. The molecule has 0 bridgehead atoms. The third-order valence-electron chi connectivity index (χ3n) is 2.88. The lowest BCUT2D eigenvalue weighted by Gasteiger charge is -2.09. The van der Waals surface area contributed by atoms with Crippen molar-refractivity contribution in [3.05, 3.63) is 45.7 Å². The second-order valence-corrected chi connectivity index (χ2v) is 5.52. The highest BCUT2D eigenvalue weighted by molar-refractivity contribution is 7.13. The molecule has 1 aromatic heterocycles. The molecule has 7 heteroatoms. The van der Waals surface area contributed by atoms with E-state index in [0.29, 0.717) is 16.4 Å². The first kappa shape index (κ1) is 15.1. The van der Waals surface area contributed by atoms with Gasteiger partial charge in [-0.3, -0.25) is 4.79 Å². The third-order valence-corrected chi connectivity index (χ3v) is 4.21. The lowest BCUT2D eigenvalue weighted by molar-refractivity contribution is -0.117. The van der Waals surface area contributed by atoms with E-state index in [-0.39, 0.29) is 16.6 Å². The highest BCUT2D eigenvalue weighted by atomic mass is 32.1. The number of nitrogens with zero attached hydrogens (tertiary/aromatic N) is 1. The van der Waals surface area contributed by atoms with Crippen molar-refractivity contribution >= 4 is 28.9 Å². The normalized spacial score (nSPS) is 12.0. The Morgan fingerprint density at radius 1 is 1.33 bits per heavy atom. The molecule has 1 aromatic carbocycles. The molecule has 0 saturated heterocycles. The fourth-order valence-corrected chi connectivity index (χ4v) is 2.65. The van der Waals surface area contributed by atoms with E-state index in [1.807, 2.05) is 0 Å². The Morgan fingerprint density at radius 2 is 1.95 bits per heavy atom. The number of halogens is 1. The van der Waals surface area contributed by atoms with E-state index in [2.05, 4.69) is 10.3 Å². The number of rotatable bonds is 4. The van der Waals surface area contributed by atoms with Gasteiger partial charge in [0.1, 0.15) is 15.7 Å². The molecule has 0 radical (unpaired) electrons. The van der Waals surface area contributed by atoms with Gasteiger partial charge in [-0.05, 0) is 38.1 Å². The Balaban J connectivity index is 2.13. The van der Waals surface area contributed by atoms with Gasteiger partial charge in [-0.1, -0.05) is 0 Å². The Bertz CT molecular complexity index is 682. The number of anilines is 1. The highest BCUT2D eigenvalue weighted by Crippen LogP contribution is 2.26. The number of carbonyl (C=O) groups excluding carboxylic acids is 1. The van der Waals surface area contributed by atoms with Crippen LogP contribution in [-0.4, -0.2) is 22.0 Å². The van der Waals surface area contributed by atoms with Gasteiger partial charge in [0.2, 0.25) is 5.91 Å². The average molecular weight is 308 g/mol. The van der Waals surface area contributed by atoms with E-state index >= 15 is 0 Å². The zero-order valence-corrected chi connectivity index (χ0v) is 12.2. The number of carboxylic acid groups (broad SMARTS) is 1. The van der Waals surface area contributed by atoms with Crippen molar-refractivity contribution in [3.8, 4) is 0 Å². The summed E-state index contributed by atoms with van der Waals surface area (Å²) in [5, 5.41) is 12.1. The Labute approximate surface area is 124 Å². The van der Waals surface area contributed by atoms with Gasteiger partial charge in [-0.25, -0.2) is 14.2 Å². The molecule has 0 aliphatic heterocycles. The SMILES string of the molecule is Cc1nc(C(C)C(=O)Nc2ccc(F)cc2)sc1C(=O)O. The Kier molecular flexibility index (Phi) is 4.32. The summed E-state index contributed by atoms with van der Waals surface area (Å²) < 4.78 is 12.8. The van der Waals surface area contributed by atoms with Crippen LogP contribution in [0.4, 0.5) is 10.1 Å². The van der Waals surface area contributed by atoms with Crippen LogP contribution in [0.3, 0.4) is 0 Å². The van der Waals surface area contributed by atoms with Crippen LogP contribution in [0.25, 0.3) is 0 Å². The van der Waals surface area contributed by atoms with Gasteiger partial charge in [-0.15, -0.1) is 11.3 Å². The lowest BCUT2D eigenvalue weighted by Crippen LogP contribution is -2.18. The molecule has 0 spiro atoms. The molecule has 1 amide bonds. The summed E-state index contributed by atoms with van der Waals surface area (Å²) in [6, 6.07) is 5.40. The van der Waals surface area contributed by atoms with Crippen LogP contribution in [0.5, 0.6) is 0 Å². The molecule has 2 rings (SSSR count). The van der Waals surface area contributed by atoms with Gasteiger partial charge in [0, 0.05) is 5.69 Å². The largest absolute Gasteiger partial charge is 0.477 e. The number of amides is 1. The van der Waals surface area contributed by atoms with E-state index in [1.54, 1.807) is 13.8 Å². The zero-order chi connectivity index (χ0) is 15.6. The number of aromatic nitrogens is 1. The van der Waals surface area contributed by atoms with Crippen LogP contribution < -0.4 is 5.32 Å². The fourth-order valence-electron chi connectivity index (χ4n) is 1.70. The lowest BCUT2D eigenvalue weighted by atomic mass is 10.1. The fraction of sp³-hybridized carbons (Fsp3) is 0.214. The van der Waals surface area contributed by atoms with Gasteiger partial charge in [0.15, 0.2) is 0 Å². The first-order valence-electron chi connectivity index (χ1n) is 6.15. The van der Waals surface area contributed by atoms with Crippen LogP contribution in [0, 0.1) is 12.7 Å². The second-order valence-electron chi connectivity index (χ2n) is 4.49. The van der Waals surface area contributed by atoms with Crippen LogP contribution >= 0.6 is 11.3 Å². The number of nitrogens with one attached hydrogen (secondary N) is 1. The van der Waals surface area contributed by atoms with Crippen LogP contribution in [0.1, 0.15) is 33.2 Å². The van der Waals surface area contributed by atoms with Crippen molar-refractivity contribution in [1.29, 1.82) is 0 Å². The van der Waals surface area contributed by atoms with Gasteiger partial charge < -0.3 is 10.4 Å². The second kappa shape index (κ2) is 6.01. The number of hydrogen-bond acceptors (Lipinski definition) is 4. The van der Waals surface area contributed by atoms with E-state index in [0.717, 1.165) is 11.3 Å². The first-order chi connectivity index (χ1) is 9.88. The first-order valence-corrected chi connectivity index (χ1v) is 6.97. The summed E-state index contributed by atoms with van der Waals surface area (Å²) in [4.78, 5) is 27.3. The summed E-state index contributed by atoms with van der Waals surface area (Å²) in [6.07, 6.45) is 0. The monoisotopic (exact) mass is 308 g/mol. The number of thiazole rings is 1. The number of carboxylic acids is 1. The molecule has 2 aromatic rings. The summed E-state index contributed by atoms with van der Waals surface area (Å²) >= 11 is 0.986. The summed E-state index contributed by atoms with van der Waals surface area (Å²) in [7, 11) is 0. The standard InChI is InChI=1S/C14H13FN2O3S/c1-7(13-16-8(2)11(21-13)14(19)20)12(18)17-10-5-3-9(15)4-6-10/h3-7H,1-2H3,(H,17,18)(H,19,20). The Hall–Kier alpha value is -2.28. The number of aryl methyl sites for hydroxylation is 1. The average Bonchev–Trinajstić information content (AvgIpc) is 2.82. The predicted octanol–water partition coefficient (Wildman–Crippen LogP) is 3.03. The van der Waals surface area contributed by atoms with Crippen molar-refractivity contribution < 1.29 is 19.1 Å². The van der Waals surface area contributed by atoms with E-state index < -0.39 is 11.9 Å². The maximum absolute atomic E-state index is 12.8. The molecular formula is C14H13FN2O3S. The molecule has 1 atom stereocenters. The smallest absolute Gasteiger partial charge is 0.347 e. The van der Waals surface area contributed by atoms with Gasteiger partial charge in [-0.2, -0.15) is 0 Å². The Morgan fingerprint density at radius 3 is 2.48 bits per heavy atom. The maximum atomic E-state index is 12.8. The molecule has 1 unspecified atom stereocenters. The molecule has 0 aliphatic rings. The zero-order valence-electron chi connectivity index (χ0n) is 11.4. The van der Waals surface area contributed by atoms with Gasteiger partial charge in [0.05, 0.1) is 11.6 Å². The number of aromatic carboxylic acids is 1. The minimum Gasteiger partial charge on any atom is -0.477 e. The van der Waals surface area contributed by atoms with Crippen molar-refractivity contribution in [2.45, 2.75) is 19.8 Å². The maximum Gasteiger partial charge on any atom is 0.347 e.